The standard InChI is InChI=1S/C15H20N2O3/c1-10(11-6-8-16-9-7-11)17-14(18)12-4-2-3-5-13(12)15(19)20/h6-10,12-13H,2-5H2,1H3,(H,17,18)(H,19,20)/t10-,12+,13+/m1/s1. The van der Waals surface area contributed by atoms with Gasteiger partial charge >= 0.3 is 5.97 Å². The summed E-state index contributed by atoms with van der Waals surface area (Å²) in [5, 5.41) is 12.1. The number of rotatable bonds is 4. The van der Waals surface area contributed by atoms with Crippen molar-refractivity contribution in [2.24, 2.45) is 11.8 Å². The number of amides is 1. The molecule has 108 valence electrons. The minimum Gasteiger partial charge on any atom is -0.481 e. The molecule has 0 aromatic carbocycles. The number of hydrogen-bond acceptors (Lipinski definition) is 3. The average molecular weight is 276 g/mol. The van der Waals surface area contributed by atoms with Crippen LogP contribution in [-0.2, 0) is 9.59 Å². The van der Waals surface area contributed by atoms with Gasteiger partial charge in [0.05, 0.1) is 17.9 Å². The van der Waals surface area contributed by atoms with E-state index in [0.29, 0.717) is 12.8 Å². The number of carbonyl (C=O) groups is 2. The molecule has 1 saturated carbocycles. The monoisotopic (exact) mass is 276 g/mol. The van der Waals surface area contributed by atoms with Gasteiger partial charge in [-0.2, -0.15) is 0 Å². The minimum absolute atomic E-state index is 0.137. The second-order valence-electron chi connectivity index (χ2n) is 5.35. The van der Waals surface area contributed by atoms with Crippen molar-refractivity contribution in [3.63, 3.8) is 0 Å². The highest BCUT2D eigenvalue weighted by Crippen LogP contribution is 2.31. The topological polar surface area (TPSA) is 79.3 Å². The maximum Gasteiger partial charge on any atom is 0.307 e. The van der Waals surface area contributed by atoms with Crippen molar-refractivity contribution in [2.45, 2.75) is 38.6 Å². The lowest BCUT2D eigenvalue weighted by Gasteiger charge is -2.28. The van der Waals surface area contributed by atoms with Gasteiger partial charge in [-0.05, 0) is 37.5 Å². The van der Waals surface area contributed by atoms with E-state index in [-0.39, 0.29) is 11.9 Å². The third-order valence-corrected chi connectivity index (χ3v) is 3.98. The molecule has 5 heteroatoms. The van der Waals surface area contributed by atoms with E-state index >= 15 is 0 Å². The first-order valence-corrected chi connectivity index (χ1v) is 7.02. The third-order valence-electron chi connectivity index (χ3n) is 3.98. The lowest BCUT2D eigenvalue weighted by molar-refractivity contribution is -0.149. The van der Waals surface area contributed by atoms with Gasteiger partial charge in [-0.1, -0.05) is 12.8 Å². The Morgan fingerprint density at radius 3 is 2.45 bits per heavy atom. The number of nitrogens with one attached hydrogen (secondary N) is 1. The predicted molar refractivity (Wildman–Crippen MR) is 73.9 cm³/mol. The summed E-state index contributed by atoms with van der Waals surface area (Å²) in [6.07, 6.45) is 6.42. The molecule has 0 radical (unpaired) electrons. The summed E-state index contributed by atoms with van der Waals surface area (Å²) in [5.74, 6) is -1.97. The summed E-state index contributed by atoms with van der Waals surface area (Å²) < 4.78 is 0. The molecule has 2 rings (SSSR count). The predicted octanol–water partition coefficient (Wildman–Crippen LogP) is 2.15. The Balaban J connectivity index is 2.01. The normalized spacial score (nSPS) is 23.9. The molecule has 0 unspecified atom stereocenters. The number of hydrogen-bond donors (Lipinski definition) is 2. The number of carbonyl (C=O) groups excluding carboxylic acids is 1. The van der Waals surface area contributed by atoms with Crippen LogP contribution in [0.25, 0.3) is 0 Å². The smallest absolute Gasteiger partial charge is 0.307 e. The van der Waals surface area contributed by atoms with Crippen molar-refractivity contribution < 1.29 is 14.7 Å². The summed E-state index contributed by atoms with van der Waals surface area (Å²) in [6.45, 7) is 1.89. The quantitative estimate of drug-likeness (QED) is 0.883. The van der Waals surface area contributed by atoms with E-state index in [0.717, 1.165) is 18.4 Å². The molecule has 3 atom stereocenters. The molecule has 1 amide bonds. The van der Waals surface area contributed by atoms with Crippen molar-refractivity contribution in [1.29, 1.82) is 0 Å². The molecular weight excluding hydrogens is 256 g/mol. The Bertz CT molecular complexity index is 475. The van der Waals surface area contributed by atoms with E-state index < -0.39 is 17.8 Å². The summed E-state index contributed by atoms with van der Waals surface area (Å²) >= 11 is 0. The van der Waals surface area contributed by atoms with Gasteiger partial charge in [0.2, 0.25) is 5.91 Å². The van der Waals surface area contributed by atoms with Gasteiger partial charge < -0.3 is 10.4 Å². The second-order valence-corrected chi connectivity index (χ2v) is 5.35. The van der Waals surface area contributed by atoms with Crippen LogP contribution in [0.2, 0.25) is 0 Å². The first kappa shape index (κ1) is 14.5. The summed E-state index contributed by atoms with van der Waals surface area (Å²) in [6, 6.07) is 3.56. The van der Waals surface area contributed by atoms with Crippen LogP contribution in [-0.4, -0.2) is 22.0 Å². The van der Waals surface area contributed by atoms with Gasteiger partial charge in [0.15, 0.2) is 0 Å². The lowest BCUT2D eigenvalue weighted by Crippen LogP contribution is -2.40. The van der Waals surface area contributed by atoms with E-state index in [9.17, 15) is 14.7 Å². The maximum absolute atomic E-state index is 12.3. The largest absolute Gasteiger partial charge is 0.481 e. The minimum atomic E-state index is -0.860. The fourth-order valence-corrected chi connectivity index (χ4v) is 2.80. The van der Waals surface area contributed by atoms with Gasteiger partial charge in [0.1, 0.15) is 0 Å². The van der Waals surface area contributed by atoms with Crippen molar-refractivity contribution in [1.82, 2.24) is 10.3 Å². The Kier molecular flexibility index (Phi) is 4.71. The number of carboxylic acid groups (broad SMARTS) is 1. The Morgan fingerprint density at radius 1 is 1.25 bits per heavy atom. The fourth-order valence-electron chi connectivity index (χ4n) is 2.80. The maximum atomic E-state index is 12.3. The van der Waals surface area contributed by atoms with Crippen LogP contribution in [0.15, 0.2) is 24.5 Å². The molecule has 0 aliphatic heterocycles. The van der Waals surface area contributed by atoms with Crippen molar-refractivity contribution >= 4 is 11.9 Å². The third kappa shape index (κ3) is 3.35. The molecule has 1 aliphatic carbocycles. The highest BCUT2D eigenvalue weighted by molar-refractivity contribution is 5.85. The molecular formula is C15H20N2O3. The molecule has 20 heavy (non-hydrogen) atoms. The second kappa shape index (κ2) is 6.50. The first-order chi connectivity index (χ1) is 9.59. The molecule has 1 aromatic rings. The number of pyridine rings is 1. The van der Waals surface area contributed by atoms with Crippen molar-refractivity contribution in [2.75, 3.05) is 0 Å². The van der Waals surface area contributed by atoms with Gasteiger partial charge in [0, 0.05) is 12.4 Å². The molecule has 1 aliphatic rings. The number of aliphatic carboxylic acids is 1. The van der Waals surface area contributed by atoms with E-state index in [1.54, 1.807) is 12.4 Å². The molecule has 0 spiro atoms. The van der Waals surface area contributed by atoms with Gasteiger partial charge in [-0.25, -0.2) is 0 Å². The summed E-state index contributed by atoms with van der Waals surface area (Å²) in [4.78, 5) is 27.5. The van der Waals surface area contributed by atoms with Gasteiger partial charge in [-0.3, -0.25) is 14.6 Å². The first-order valence-electron chi connectivity index (χ1n) is 7.02. The Labute approximate surface area is 118 Å². The van der Waals surface area contributed by atoms with E-state index in [2.05, 4.69) is 10.3 Å². The van der Waals surface area contributed by atoms with Crippen LogP contribution in [0.4, 0.5) is 0 Å². The molecule has 1 aromatic heterocycles. The van der Waals surface area contributed by atoms with E-state index in [1.165, 1.54) is 0 Å². The van der Waals surface area contributed by atoms with Crippen LogP contribution in [0.1, 0.15) is 44.2 Å². The molecule has 1 heterocycles. The SMILES string of the molecule is C[C@@H](NC(=O)[C@H]1CCCC[C@@H]1C(=O)O)c1ccncc1. The lowest BCUT2D eigenvalue weighted by atomic mass is 9.78. The van der Waals surface area contributed by atoms with E-state index in [4.69, 9.17) is 0 Å². The molecule has 0 saturated heterocycles. The number of aromatic nitrogens is 1. The molecule has 1 fully saturated rings. The van der Waals surface area contributed by atoms with Gasteiger partial charge in [-0.15, -0.1) is 0 Å². The van der Waals surface area contributed by atoms with Gasteiger partial charge in [0.25, 0.3) is 0 Å². The zero-order chi connectivity index (χ0) is 14.5. The van der Waals surface area contributed by atoms with Crippen LogP contribution < -0.4 is 5.32 Å². The molecule has 5 nitrogen and oxygen atoms in total. The van der Waals surface area contributed by atoms with Crippen molar-refractivity contribution in [3.8, 4) is 0 Å². The number of carboxylic acids is 1. The zero-order valence-corrected chi connectivity index (χ0v) is 11.6. The van der Waals surface area contributed by atoms with Crippen LogP contribution in [0.5, 0.6) is 0 Å². The summed E-state index contributed by atoms with van der Waals surface area (Å²) in [7, 11) is 0. The van der Waals surface area contributed by atoms with Crippen LogP contribution >= 0.6 is 0 Å². The fraction of sp³-hybridized carbons (Fsp3) is 0.533. The van der Waals surface area contributed by atoms with Crippen LogP contribution in [0.3, 0.4) is 0 Å². The molecule has 0 bridgehead atoms. The average Bonchev–Trinajstić information content (AvgIpc) is 2.48. The van der Waals surface area contributed by atoms with E-state index in [1.807, 2.05) is 19.1 Å². The Hall–Kier alpha value is -1.91. The zero-order valence-electron chi connectivity index (χ0n) is 11.6. The highest BCUT2D eigenvalue weighted by Gasteiger charge is 2.36. The van der Waals surface area contributed by atoms with Crippen LogP contribution in [0, 0.1) is 11.8 Å². The highest BCUT2D eigenvalue weighted by atomic mass is 16.4. The number of nitrogens with zero attached hydrogens (tertiary/aromatic N) is 1. The molecule has 2 N–H and O–H groups in total. The Morgan fingerprint density at radius 2 is 1.85 bits per heavy atom. The van der Waals surface area contributed by atoms with Crippen molar-refractivity contribution in [3.05, 3.63) is 30.1 Å². The summed E-state index contributed by atoms with van der Waals surface area (Å²) in [5.41, 5.74) is 0.969.